The second kappa shape index (κ2) is 9.28. The zero-order valence-electron chi connectivity index (χ0n) is 12.6. The van der Waals surface area contributed by atoms with Gasteiger partial charge in [-0.3, -0.25) is 15.0 Å². The predicted octanol–water partition coefficient (Wildman–Crippen LogP) is 1.66. The van der Waals surface area contributed by atoms with Crippen LogP contribution in [0.1, 0.15) is 12.0 Å². The summed E-state index contributed by atoms with van der Waals surface area (Å²) in [5.74, 6) is 0. The molecule has 7 nitrogen and oxygen atoms in total. The van der Waals surface area contributed by atoms with E-state index in [1.54, 1.807) is 20.3 Å². The number of hydrogen-bond acceptors (Lipinski definition) is 6. The van der Waals surface area contributed by atoms with Gasteiger partial charge in [-0.15, -0.1) is 0 Å². The summed E-state index contributed by atoms with van der Waals surface area (Å²) in [5, 5.41) is 10.9. The van der Waals surface area contributed by atoms with Crippen molar-refractivity contribution in [2.75, 3.05) is 46.3 Å². The third kappa shape index (κ3) is 5.66. The van der Waals surface area contributed by atoms with Crippen molar-refractivity contribution < 1.29 is 14.4 Å². The van der Waals surface area contributed by atoms with Crippen molar-refractivity contribution in [3.63, 3.8) is 0 Å². The summed E-state index contributed by atoms with van der Waals surface area (Å²) in [6, 6.07) is 4.90. The molecular weight excluding hydrogens is 274 g/mol. The maximum absolute atomic E-state index is 10.9. The second-order valence-electron chi connectivity index (χ2n) is 4.72. The number of methoxy groups -OCH3 is 2. The Morgan fingerprint density at radius 3 is 2.57 bits per heavy atom. The van der Waals surface area contributed by atoms with Crippen molar-refractivity contribution in [3.8, 4) is 0 Å². The topological polar surface area (TPSA) is 90.9 Å². The highest BCUT2D eigenvalue weighted by Gasteiger charge is 2.16. The number of ether oxygens (including phenoxy) is 2. The number of hydrogen-bond donors (Lipinski definition) is 1. The highest BCUT2D eigenvalue weighted by Crippen LogP contribution is 2.25. The number of nitro benzene ring substituents is 1. The van der Waals surface area contributed by atoms with Crippen LogP contribution in [-0.2, 0) is 16.0 Å². The SMILES string of the molecule is COCCCN(CCOC)Cc1cccc([N+](=O)[O-])c1N. The molecular formula is C14H23N3O4. The maximum Gasteiger partial charge on any atom is 0.292 e. The molecule has 0 saturated heterocycles. The van der Waals surface area contributed by atoms with E-state index >= 15 is 0 Å². The van der Waals surface area contributed by atoms with Gasteiger partial charge in [0.25, 0.3) is 5.69 Å². The zero-order chi connectivity index (χ0) is 15.7. The quantitative estimate of drug-likeness (QED) is 0.306. The summed E-state index contributed by atoms with van der Waals surface area (Å²) in [6.07, 6.45) is 0.884. The van der Waals surface area contributed by atoms with Crippen molar-refractivity contribution in [2.45, 2.75) is 13.0 Å². The van der Waals surface area contributed by atoms with Crippen molar-refractivity contribution in [1.82, 2.24) is 4.90 Å². The van der Waals surface area contributed by atoms with Crippen molar-refractivity contribution in [1.29, 1.82) is 0 Å². The molecule has 0 amide bonds. The number of para-hydroxylation sites is 1. The van der Waals surface area contributed by atoms with Crippen LogP contribution < -0.4 is 5.73 Å². The van der Waals surface area contributed by atoms with E-state index in [2.05, 4.69) is 4.90 Å². The van der Waals surface area contributed by atoms with Gasteiger partial charge in [-0.05, 0) is 12.0 Å². The molecule has 0 atom stereocenters. The van der Waals surface area contributed by atoms with Gasteiger partial charge in [0, 0.05) is 46.5 Å². The average Bonchev–Trinajstić information content (AvgIpc) is 2.46. The zero-order valence-corrected chi connectivity index (χ0v) is 12.6. The molecule has 0 unspecified atom stereocenters. The molecule has 0 bridgehead atoms. The monoisotopic (exact) mass is 297 g/mol. The lowest BCUT2D eigenvalue weighted by Gasteiger charge is -2.22. The molecule has 1 aromatic carbocycles. The molecule has 0 aliphatic heterocycles. The Bertz CT molecular complexity index is 454. The van der Waals surface area contributed by atoms with Gasteiger partial charge in [0.1, 0.15) is 5.69 Å². The van der Waals surface area contributed by atoms with Crippen LogP contribution in [0, 0.1) is 10.1 Å². The first-order valence-corrected chi connectivity index (χ1v) is 6.82. The van der Waals surface area contributed by atoms with Crippen LogP contribution >= 0.6 is 0 Å². The minimum absolute atomic E-state index is 0.0453. The molecule has 7 heteroatoms. The molecule has 0 heterocycles. The normalized spacial score (nSPS) is 11.0. The average molecular weight is 297 g/mol. The fourth-order valence-electron chi connectivity index (χ4n) is 2.06. The van der Waals surface area contributed by atoms with Crippen LogP contribution in [-0.4, -0.2) is 50.3 Å². The molecule has 0 radical (unpaired) electrons. The molecule has 0 saturated carbocycles. The van der Waals surface area contributed by atoms with Gasteiger partial charge in [0.2, 0.25) is 0 Å². The number of nitrogen functional groups attached to an aromatic ring is 1. The van der Waals surface area contributed by atoms with Crippen molar-refractivity contribution in [2.24, 2.45) is 0 Å². The van der Waals surface area contributed by atoms with Gasteiger partial charge in [-0.2, -0.15) is 0 Å². The Morgan fingerprint density at radius 1 is 1.24 bits per heavy atom. The number of nitro groups is 1. The molecule has 1 rings (SSSR count). The van der Waals surface area contributed by atoms with Crippen LogP contribution in [0.15, 0.2) is 18.2 Å². The van der Waals surface area contributed by atoms with E-state index in [-0.39, 0.29) is 11.4 Å². The molecule has 0 spiro atoms. The lowest BCUT2D eigenvalue weighted by Crippen LogP contribution is -2.29. The summed E-state index contributed by atoms with van der Waals surface area (Å²) >= 11 is 0. The fraction of sp³-hybridized carbons (Fsp3) is 0.571. The fourth-order valence-corrected chi connectivity index (χ4v) is 2.06. The summed E-state index contributed by atoms with van der Waals surface area (Å²) in [4.78, 5) is 12.6. The van der Waals surface area contributed by atoms with Crippen LogP contribution in [0.25, 0.3) is 0 Å². The van der Waals surface area contributed by atoms with E-state index in [1.165, 1.54) is 6.07 Å². The first-order valence-electron chi connectivity index (χ1n) is 6.82. The summed E-state index contributed by atoms with van der Waals surface area (Å²) in [5.41, 5.74) is 6.84. The van der Waals surface area contributed by atoms with Crippen LogP contribution in [0.4, 0.5) is 11.4 Å². The Hall–Kier alpha value is -1.70. The lowest BCUT2D eigenvalue weighted by atomic mass is 10.1. The third-order valence-corrected chi connectivity index (χ3v) is 3.20. The van der Waals surface area contributed by atoms with E-state index in [0.29, 0.717) is 19.8 Å². The number of rotatable bonds is 10. The minimum atomic E-state index is -0.455. The Labute approximate surface area is 124 Å². The first kappa shape index (κ1) is 17.4. The highest BCUT2D eigenvalue weighted by atomic mass is 16.6. The van der Waals surface area contributed by atoms with Crippen LogP contribution in [0.3, 0.4) is 0 Å². The van der Waals surface area contributed by atoms with Gasteiger partial charge in [-0.25, -0.2) is 0 Å². The molecule has 118 valence electrons. The lowest BCUT2D eigenvalue weighted by molar-refractivity contribution is -0.384. The number of nitrogens with zero attached hydrogens (tertiary/aromatic N) is 2. The van der Waals surface area contributed by atoms with E-state index in [9.17, 15) is 10.1 Å². The number of nitrogens with two attached hydrogens (primary N) is 1. The highest BCUT2D eigenvalue weighted by molar-refractivity contribution is 5.62. The van der Waals surface area contributed by atoms with Gasteiger partial charge >= 0.3 is 0 Å². The summed E-state index contributed by atoms with van der Waals surface area (Å²) in [6.45, 7) is 3.39. The largest absolute Gasteiger partial charge is 0.393 e. The number of anilines is 1. The van der Waals surface area contributed by atoms with E-state index in [4.69, 9.17) is 15.2 Å². The summed E-state index contributed by atoms with van der Waals surface area (Å²) in [7, 11) is 3.31. The summed E-state index contributed by atoms with van der Waals surface area (Å²) < 4.78 is 10.1. The molecule has 1 aromatic rings. The standard InChI is InChI=1S/C14H23N3O4/c1-20-9-4-7-16(8-10-21-2)11-12-5-3-6-13(14(12)15)17(18)19/h3,5-6H,4,7-11,15H2,1-2H3. The van der Waals surface area contributed by atoms with Gasteiger partial charge < -0.3 is 15.2 Å². The van der Waals surface area contributed by atoms with Crippen molar-refractivity contribution >= 4 is 11.4 Å². The molecule has 2 N–H and O–H groups in total. The maximum atomic E-state index is 10.9. The minimum Gasteiger partial charge on any atom is -0.393 e. The molecule has 0 aliphatic carbocycles. The number of benzene rings is 1. The Kier molecular flexibility index (Phi) is 7.66. The third-order valence-electron chi connectivity index (χ3n) is 3.20. The molecule has 0 aliphatic rings. The molecule has 21 heavy (non-hydrogen) atoms. The van der Waals surface area contributed by atoms with Crippen LogP contribution in [0.2, 0.25) is 0 Å². The van der Waals surface area contributed by atoms with Crippen molar-refractivity contribution in [3.05, 3.63) is 33.9 Å². The van der Waals surface area contributed by atoms with E-state index in [0.717, 1.165) is 25.1 Å². The van der Waals surface area contributed by atoms with E-state index in [1.807, 2.05) is 6.07 Å². The Balaban J connectivity index is 2.77. The van der Waals surface area contributed by atoms with E-state index < -0.39 is 4.92 Å². The van der Waals surface area contributed by atoms with Gasteiger partial charge in [0.05, 0.1) is 11.5 Å². The Morgan fingerprint density at radius 2 is 1.95 bits per heavy atom. The predicted molar refractivity (Wildman–Crippen MR) is 81.2 cm³/mol. The van der Waals surface area contributed by atoms with Crippen LogP contribution in [0.5, 0.6) is 0 Å². The second-order valence-corrected chi connectivity index (χ2v) is 4.72. The van der Waals surface area contributed by atoms with Gasteiger partial charge in [-0.1, -0.05) is 12.1 Å². The molecule has 0 fully saturated rings. The van der Waals surface area contributed by atoms with Gasteiger partial charge in [0.15, 0.2) is 0 Å². The first-order chi connectivity index (χ1) is 10.1. The molecule has 0 aromatic heterocycles. The smallest absolute Gasteiger partial charge is 0.292 e.